The zero-order valence-corrected chi connectivity index (χ0v) is 11.7. The van der Waals surface area contributed by atoms with Gasteiger partial charge in [0, 0.05) is 6.54 Å². The normalized spacial score (nSPS) is 12.3. The molecule has 0 amide bonds. The molecule has 0 fully saturated rings. The molecule has 8 heteroatoms. The number of hydrogen-bond donors (Lipinski definition) is 2. The molecule has 0 heterocycles. The summed E-state index contributed by atoms with van der Waals surface area (Å²) in [7, 11) is 0. The van der Waals surface area contributed by atoms with Gasteiger partial charge in [0.05, 0.1) is 5.69 Å². The minimum atomic E-state index is -4.75. The van der Waals surface area contributed by atoms with Crippen LogP contribution in [0.5, 0.6) is 5.75 Å². The van der Waals surface area contributed by atoms with Gasteiger partial charge in [0.15, 0.2) is 11.7 Å². The lowest BCUT2D eigenvalue weighted by atomic mass is 10.3. The van der Waals surface area contributed by atoms with Crippen LogP contribution in [0.25, 0.3) is 0 Å². The molecule has 0 saturated carbocycles. The Hall–Kier alpha value is -1.57. The fourth-order valence-corrected chi connectivity index (χ4v) is 1.79. The molecule has 0 aliphatic carbocycles. The number of nitrogens with zero attached hydrogens (tertiary/aromatic N) is 1. The molecule has 0 spiro atoms. The van der Waals surface area contributed by atoms with E-state index in [9.17, 15) is 13.2 Å². The fraction of sp³-hybridized carbons (Fsp3) is 0.417. The van der Waals surface area contributed by atoms with E-state index < -0.39 is 6.36 Å². The third kappa shape index (κ3) is 6.55. The highest BCUT2D eigenvalue weighted by molar-refractivity contribution is 7.98. The Morgan fingerprint density at radius 3 is 2.75 bits per heavy atom. The number of alkyl halides is 3. The Morgan fingerprint density at radius 2 is 2.10 bits per heavy atom. The van der Waals surface area contributed by atoms with Gasteiger partial charge in [-0.05, 0) is 30.6 Å². The van der Waals surface area contributed by atoms with Crippen LogP contribution in [0.1, 0.15) is 6.42 Å². The lowest BCUT2D eigenvalue weighted by Crippen LogP contribution is -2.24. The van der Waals surface area contributed by atoms with Gasteiger partial charge in [0.2, 0.25) is 0 Å². The molecule has 1 rings (SSSR count). The summed E-state index contributed by atoms with van der Waals surface area (Å²) in [6, 6.07) is 5.66. The van der Waals surface area contributed by atoms with E-state index in [0.29, 0.717) is 6.54 Å². The summed E-state index contributed by atoms with van der Waals surface area (Å²) in [4.78, 5) is 4.03. The van der Waals surface area contributed by atoms with E-state index in [1.165, 1.54) is 18.2 Å². The summed E-state index contributed by atoms with van der Waals surface area (Å²) < 4.78 is 40.6. The minimum absolute atomic E-state index is 0.0596. The van der Waals surface area contributed by atoms with E-state index in [1.807, 2.05) is 6.26 Å². The number of hydrogen-bond acceptors (Lipinski definition) is 3. The first-order valence-corrected chi connectivity index (χ1v) is 7.22. The molecule has 0 radical (unpaired) electrons. The molecular weight excluding hydrogens is 291 g/mol. The zero-order chi connectivity index (χ0) is 15.0. The van der Waals surface area contributed by atoms with Crippen molar-refractivity contribution in [2.75, 3.05) is 23.9 Å². The van der Waals surface area contributed by atoms with Crippen LogP contribution < -0.4 is 15.8 Å². The number of ether oxygens (including phenoxy) is 1. The average Bonchev–Trinajstić information content (AvgIpc) is 2.35. The second-order valence-electron chi connectivity index (χ2n) is 3.78. The molecule has 0 saturated heterocycles. The SMILES string of the molecule is CSCCCN=C(N)Nc1ccccc1OC(F)(F)F. The molecule has 0 aliphatic rings. The summed E-state index contributed by atoms with van der Waals surface area (Å²) >= 11 is 1.69. The molecule has 112 valence electrons. The van der Waals surface area contributed by atoms with Crippen molar-refractivity contribution in [2.45, 2.75) is 12.8 Å². The number of nitrogens with one attached hydrogen (secondary N) is 1. The number of anilines is 1. The van der Waals surface area contributed by atoms with Gasteiger partial charge >= 0.3 is 6.36 Å². The zero-order valence-electron chi connectivity index (χ0n) is 10.9. The van der Waals surface area contributed by atoms with Gasteiger partial charge in [-0.25, -0.2) is 0 Å². The van der Waals surface area contributed by atoms with E-state index in [0.717, 1.165) is 12.2 Å². The number of guanidine groups is 1. The molecule has 20 heavy (non-hydrogen) atoms. The van der Waals surface area contributed by atoms with Crippen LogP contribution in [-0.2, 0) is 0 Å². The summed E-state index contributed by atoms with van der Waals surface area (Å²) in [5.41, 5.74) is 5.74. The van der Waals surface area contributed by atoms with E-state index in [4.69, 9.17) is 5.73 Å². The maximum absolute atomic E-state index is 12.2. The summed E-state index contributed by atoms with van der Waals surface area (Å²) in [5.74, 6) is 0.663. The summed E-state index contributed by atoms with van der Waals surface area (Å²) in [6.45, 7) is 0.516. The molecule has 3 N–H and O–H groups in total. The number of nitrogens with two attached hydrogens (primary N) is 1. The predicted molar refractivity (Wildman–Crippen MR) is 76.2 cm³/mol. The van der Waals surface area contributed by atoms with Crippen LogP contribution in [0.2, 0.25) is 0 Å². The number of rotatable bonds is 6. The number of benzene rings is 1. The van der Waals surface area contributed by atoms with E-state index >= 15 is 0 Å². The Balaban J connectivity index is 2.67. The highest BCUT2D eigenvalue weighted by Crippen LogP contribution is 2.29. The van der Waals surface area contributed by atoms with E-state index in [-0.39, 0.29) is 17.4 Å². The maximum Gasteiger partial charge on any atom is 0.573 e. The molecule has 0 aromatic heterocycles. The monoisotopic (exact) mass is 307 g/mol. The number of thioether (sulfide) groups is 1. The molecule has 0 atom stereocenters. The highest BCUT2D eigenvalue weighted by atomic mass is 32.2. The molecule has 4 nitrogen and oxygen atoms in total. The number of aliphatic imine (C=N–C) groups is 1. The van der Waals surface area contributed by atoms with Crippen molar-refractivity contribution < 1.29 is 17.9 Å². The number of para-hydroxylation sites is 2. The van der Waals surface area contributed by atoms with Gasteiger partial charge in [-0.15, -0.1) is 13.2 Å². The first kappa shape index (κ1) is 16.5. The second-order valence-corrected chi connectivity index (χ2v) is 4.77. The molecule has 0 unspecified atom stereocenters. The minimum Gasteiger partial charge on any atom is -0.404 e. The molecule has 1 aromatic carbocycles. The van der Waals surface area contributed by atoms with E-state index in [2.05, 4.69) is 15.0 Å². The van der Waals surface area contributed by atoms with Crippen LogP contribution >= 0.6 is 11.8 Å². The quantitative estimate of drug-likeness (QED) is 0.482. The molecule has 0 bridgehead atoms. The first-order chi connectivity index (χ1) is 9.42. The van der Waals surface area contributed by atoms with Crippen LogP contribution in [0.3, 0.4) is 0 Å². The van der Waals surface area contributed by atoms with Crippen molar-refractivity contribution >= 4 is 23.4 Å². The Morgan fingerprint density at radius 1 is 1.40 bits per heavy atom. The van der Waals surface area contributed by atoms with Gasteiger partial charge in [-0.2, -0.15) is 11.8 Å². The van der Waals surface area contributed by atoms with E-state index in [1.54, 1.807) is 17.8 Å². The first-order valence-electron chi connectivity index (χ1n) is 5.83. The van der Waals surface area contributed by atoms with Gasteiger partial charge in [-0.1, -0.05) is 12.1 Å². The van der Waals surface area contributed by atoms with Crippen molar-refractivity contribution in [2.24, 2.45) is 10.7 Å². The van der Waals surface area contributed by atoms with Gasteiger partial charge < -0.3 is 15.8 Å². The largest absolute Gasteiger partial charge is 0.573 e. The van der Waals surface area contributed by atoms with Gasteiger partial charge in [0.25, 0.3) is 0 Å². The predicted octanol–water partition coefficient (Wildman–Crippen LogP) is 3.06. The summed E-state index contributed by atoms with van der Waals surface area (Å²) in [5, 5.41) is 2.61. The lowest BCUT2D eigenvalue weighted by Gasteiger charge is -2.14. The van der Waals surface area contributed by atoms with Crippen molar-refractivity contribution in [3.05, 3.63) is 24.3 Å². The fourth-order valence-electron chi connectivity index (χ4n) is 1.37. The van der Waals surface area contributed by atoms with Crippen molar-refractivity contribution in [3.8, 4) is 5.75 Å². The summed E-state index contributed by atoms with van der Waals surface area (Å²) in [6.07, 6.45) is -1.91. The number of halogens is 3. The van der Waals surface area contributed by atoms with Crippen LogP contribution in [-0.4, -0.2) is 30.9 Å². The third-order valence-corrected chi connectivity index (χ3v) is 2.86. The lowest BCUT2D eigenvalue weighted by molar-refractivity contribution is -0.274. The van der Waals surface area contributed by atoms with Crippen LogP contribution in [0.4, 0.5) is 18.9 Å². The average molecular weight is 307 g/mol. The van der Waals surface area contributed by atoms with Crippen LogP contribution in [0.15, 0.2) is 29.3 Å². The smallest absolute Gasteiger partial charge is 0.404 e. The molecule has 0 aliphatic heterocycles. The van der Waals surface area contributed by atoms with Crippen molar-refractivity contribution in [3.63, 3.8) is 0 Å². The highest BCUT2D eigenvalue weighted by Gasteiger charge is 2.32. The Bertz CT molecular complexity index is 452. The van der Waals surface area contributed by atoms with Gasteiger partial charge in [0.1, 0.15) is 0 Å². The van der Waals surface area contributed by atoms with Crippen LogP contribution in [0, 0.1) is 0 Å². The topological polar surface area (TPSA) is 59.6 Å². The molecule has 1 aromatic rings. The standard InChI is InChI=1S/C12H16F3N3OS/c1-20-8-4-7-17-11(16)18-9-5-2-3-6-10(9)19-12(13,14)15/h2-3,5-6H,4,7-8H2,1H3,(H3,16,17,18). The third-order valence-electron chi connectivity index (χ3n) is 2.16. The maximum atomic E-state index is 12.2. The van der Waals surface area contributed by atoms with Crippen molar-refractivity contribution in [1.82, 2.24) is 0 Å². The Kier molecular flexibility index (Phi) is 6.50. The second kappa shape index (κ2) is 7.88. The molecular formula is C12H16F3N3OS. The van der Waals surface area contributed by atoms with Crippen molar-refractivity contribution in [1.29, 1.82) is 0 Å². The Labute approximate surface area is 119 Å². The van der Waals surface area contributed by atoms with Gasteiger partial charge in [-0.3, -0.25) is 4.99 Å².